The van der Waals surface area contributed by atoms with Crippen molar-refractivity contribution in [3.05, 3.63) is 59.7 Å². The molecule has 1 aliphatic rings. The number of nitrogens with zero attached hydrogens (tertiary/aromatic N) is 1. The highest BCUT2D eigenvalue weighted by Crippen LogP contribution is 2.43. The van der Waals surface area contributed by atoms with Gasteiger partial charge in [-0.15, -0.1) is 11.8 Å². The Bertz CT molecular complexity index is 840. The van der Waals surface area contributed by atoms with Crippen LogP contribution in [-0.2, 0) is 16.0 Å². The molecule has 2 aromatic carbocycles. The molecule has 142 valence electrons. The van der Waals surface area contributed by atoms with Gasteiger partial charge in [-0.1, -0.05) is 58.0 Å². The van der Waals surface area contributed by atoms with E-state index in [0.717, 1.165) is 23.4 Å². The maximum atomic E-state index is 12.6. The molecular weight excluding hydrogens is 356 g/mol. The van der Waals surface area contributed by atoms with E-state index in [1.165, 1.54) is 5.56 Å². The van der Waals surface area contributed by atoms with Crippen LogP contribution in [0.5, 0.6) is 0 Å². The standard InChI is InChI=1S/C22H26N2O2S/c1-5-15-8-6-7-9-18(15)24-19(25)14-27-20(24)16-10-12-17(13-11-16)23-21(26)22(2,3)4/h6-13,20H,5,14H2,1-4H3,(H,23,26)/t20-/m0/s1. The number of carbonyl (C=O) groups is 2. The molecule has 1 fully saturated rings. The van der Waals surface area contributed by atoms with Crippen LogP contribution in [0.4, 0.5) is 11.4 Å². The average Bonchev–Trinajstić information content (AvgIpc) is 3.02. The van der Waals surface area contributed by atoms with Crippen molar-refractivity contribution < 1.29 is 9.59 Å². The quantitative estimate of drug-likeness (QED) is 0.808. The minimum atomic E-state index is -0.437. The van der Waals surface area contributed by atoms with Gasteiger partial charge in [-0.3, -0.25) is 14.5 Å². The lowest BCUT2D eigenvalue weighted by atomic mass is 9.95. The molecule has 0 aliphatic carbocycles. The molecule has 1 atom stereocenters. The molecule has 1 N–H and O–H groups in total. The summed E-state index contributed by atoms with van der Waals surface area (Å²) in [7, 11) is 0. The van der Waals surface area contributed by atoms with Crippen molar-refractivity contribution in [2.45, 2.75) is 39.5 Å². The number of carbonyl (C=O) groups excluding carboxylic acids is 2. The first-order chi connectivity index (χ1) is 12.8. The topological polar surface area (TPSA) is 49.4 Å². The Balaban J connectivity index is 1.85. The van der Waals surface area contributed by atoms with Crippen molar-refractivity contribution in [3.63, 3.8) is 0 Å². The Labute approximate surface area is 165 Å². The molecule has 2 amide bonds. The number of amides is 2. The number of anilines is 2. The molecule has 3 rings (SSSR count). The molecule has 1 saturated heterocycles. The maximum absolute atomic E-state index is 12.6. The van der Waals surface area contributed by atoms with Gasteiger partial charge in [0.2, 0.25) is 11.8 Å². The van der Waals surface area contributed by atoms with Gasteiger partial charge in [-0.2, -0.15) is 0 Å². The lowest BCUT2D eigenvalue weighted by Crippen LogP contribution is -2.29. The van der Waals surface area contributed by atoms with Crippen molar-refractivity contribution in [1.29, 1.82) is 0 Å². The molecule has 4 nitrogen and oxygen atoms in total. The molecular formula is C22H26N2O2S. The zero-order valence-corrected chi connectivity index (χ0v) is 17.1. The van der Waals surface area contributed by atoms with Gasteiger partial charge in [0.05, 0.1) is 5.75 Å². The Morgan fingerprint density at radius 1 is 1.15 bits per heavy atom. The van der Waals surface area contributed by atoms with Crippen molar-refractivity contribution in [2.75, 3.05) is 16.0 Å². The van der Waals surface area contributed by atoms with Crippen LogP contribution >= 0.6 is 11.8 Å². The van der Waals surface area contributed by atoms with Gasteiger partial charge in [0, 0.05) is 16.8 Å². The summed E-state index contributed by atoms with van der Waals surface area (Å²) in [6, 6.07) is 15.9. The van der Waals surface area contributed by atoms with Gasteiger partial charge in [-0.25, -0.2) is 0 Å². The lowest BCUT2D eigenvalue weighted by Gasteiger charge is -2.26. The molecule has 0 saturated carbocycles. The molecule has 0 unspecified atom stereocenters. The van der Waals surface area contributed by atoms with Crippen molar-refractivity contribution in [1.82, 2.24) is 0 Å². The second-order valence-electron chi connectivity index (χ2n) is 7.74. The van der Waals surface area contributed by atoms with Crippen LogP contribution in [0, 0.1) is 5.41 Å². The number of rotatable bonds is 4. The largest absolute Gasteiger partial charge is 0.326 e. The molecule has 0 bridgehead atoms. The molecule has 0 aromatic heterocycles. The fraction of sp³-hybridized carbons (Fsp3) is 0.364. The number of nitrogens with one attached hydrogen (secondary N) is 1. The maximum Gasteiger partial charge on any atom is 0.238 e. The summed E-state index contributed by atoms with van der Waals surface area (Å²) in [6.45, 7) is 7.77. The van der Waals surface area contributed by atoms with Crippen LogP contribution in [0.3, 0.4) is 0 Å². The SMILES string of the molecule is CCc1ccccc1N1C(=O)CS[C@H]1c1ccc(NC(=O)C(C)(C)C)cc1. The summed E-state index contributed by atoms with van der Waals surface area (Å²) in [5.41, 5.74) is 3.56. The second kappa shape index (κ2) is 7.77. The predicted octanol–water partition coefficient (Wildman–Crippen LogP) is 5.01. The lowest BCUT2D eigenvalue weighted by molar-refractivity contribution is -0.123. The highest BCUT2D eigenvalue weighted by molar-refractivity contribution is 8.00. The predicted molar refractivity (Wildman–Crippen MR) is 113 cm³/mol. The van der Waals surface area contributed by atoms with Gasteiger partial charge in [0.15, 0.2) is 0 Å². The molecule has 0 spiro atoms. The van der Waals surface area contributed by atoms with Crippen LogP contribution < -0.4 is 10.2 Å². The third kappa shape index (κ3) is 4.19. The third-order valence-corrected chi connectivity index (χ3v) is 5.85. The van der Waals surface area contributed by atoms with Crippen molar-refractivity contribution in [3.8, 4) is 0 Å². The molecule has 1 heterocycles. The van der Waals surface area contributed by atoms with E-state index in [1.54, 1.807) is 11.8 Å². The minimum absolute atomic E-state index is 0.0147. The van der Waals surface area contributed by atoms with E-state index < -0.39 is 5.41 Å². The molecule has 27 heavy (non-hydrogen) atoms. The normalized spacial score (nSPS) is 17.3. The summed E-state index contributed by atoms with van der Waals surface area (Å²) in [6.07, 6.45) is 0.884. The van der Waals surface area contributed by atoms with Gasteiger partial charge in [0.1, 0.15) is 5.37 Å². The smallest absolute Gasteiger partial charge is 0.238 e. The Kier molecular flexibility index (Phi) is 5.61. The number of para-hydroxylation sites is 1. The van der Waals surface area contributed by atoms with E-state index in [4.69, 9.17) is 0 Å². The highest BCUT2D eigenvalue weighted by atomic mass is 32.2. The first-order valence-corrected chi connectivity index (χ1v) is 10.3. The van der Waals surface area contributed by atoms with Gasteiger partial charge < -0.3 is 5.32 Å². The van der Waals surface area contributed by atoms with Crippen molar-refractivity contribution >= 4 is 35.0 Å². The third-order valence-electron chi connectivity index (χ3n) is 4.63. The number of hydrogen-bond donors (Lipinski definition) is 1. The summed E-state index contributed by atoms with van der Waals surface area (Å²) in [5.74, 6) is 0.598. The summed E-state index contributed by atoms with van der Waals surface area (Å²) < 4.78 is 0. The number of hydrogen-bond acceptors (Lipinski definition) is 3. The fourth-order valence-electron chi connectivity index (χ4n) is 3.03. The van der Waals surface area contributed by atoms with Crippen LogP contribution in [-0.4, -0.2) is 17.6 Å². The zero-order chi connectivity index (χ0) is 19.6. The molecule has 2 aromatic rings. The number of benzene rings is 2. The molecule has 0 radical (unpaired) electrons. The van der Waals surface area contributed by atoms with Gasteiger partial charge >= 0.3 is 0 Å². The monoisotopic (exact) mass is 382 g/mol. The van der Waals surface area contributed by atoms with Crippen molar-refractivity contribution in [2.24, 2.45) is 5.41 Å². The Hall–Kier alpha value is -2.27. The molecule has 5 heteroatoms. The van der Waals surface area contributed by atoms with E-state index in [1.807, 2.05) is 68.1 Å². The summed E-state index contributed by atoms with van der Waals surface area (Å²) >= 11 is 1.64. The first-order valence-electron chi connectivity index (χ1n) is 9.24. The zero-order valence-electron chi connectivity index (χ0n) is 16.3. The minimum Gasteiger partial charge on any atom is -0.326 e. The first kappa shape index (κ1) is 19.5. The van der Waals surface area contributed by atoms with E-state index in [0.29, 0.717) is 5.75 Å². The summed E-state index contributed by atoms with van der Waals surface area (Å²) in [4.78, 5) is 26.7. The Morgan fingerprint density at radius 3 is 2.44 bits per heavy atom. The number of aryl methyl sites for hydroxylation is 1. The average molecular weight is 383 g/mol. The van der Waals surface area contributed by atoms with E-state index in [-0.39, 0.29) is 17.2 Å². The second-order valence-corrected chi connectivity index (χ2v) is 8.80. The van der Waals surface area contributed by atoms with Crippen LogP contribution in [0.25, 0.3) is 0 Å². The van der Waals surface area contributed by atoms with Crippen LogP contribution in [0.15, 0.2) is 48.5 Å². The summed E-state index contributed by atoms with van der Waals surface area (Å²) in [5, 5.41) is 2.90. The molecule has 1 aliphatic heterocycles. The van der Waals surface area contributed by atoms with Gasteiger partial charge in [-0.05, 0) is 35.7 Å². The Morgan fingerprint density at radius 2 is 1.81 bits per heavy atom. The van der Waals surface area contributed by atoms with E-state index >= 15 is 0 Å². The van der Waals surface area contributed by atoms with Crippen LogP contribution in [0.1, 0.15) is 44.2 Å². The fourth-order valence-corrected chi connectivity index (χ4v) is 4.19. The van der Waals surface area contributed by atoms with E-state index in [9.17, 15) is 9.59 Å². The number of thioether (sulfide) groups is 1. The van der Waals surface area contributed by atoms with E-state index in [2.05, 4.69) is 18.3 Å². The van der Waals surface area contributed by atoms with Crippen LogP contribution in [0.2, 0.25) is 0 Å². The van der Waals surface area contributed by atoms with Gasteiger partial charge in [0.25, 0.3) is 0 Å². The highest BCUT2D eigenvalue weighted by Gasteiger charge is 2.34.